The second-order valence-corrected chi connectivity index (χ2v) is 3.60. The zero-order valence-corrected chi connectivity index (χ0v) is 8.86. The smallest absolute Gasteiger partial charge is 0.258 e. The van der Waals surface area contributed by atoms with Crippen LogP contribution in [0.5, 0.6) is 0 Å². The molecule has 4 nitrogen and oxygen atoms in total. The topological polar surface area (TPSA) is 56.0 Å². The minimum atomic E-state index is -0.561. The van der Waals surface area contributed by atoms with Crippen LogP contribution in [0.2, 0.25) is 0 Å². The summed E-state index contributed by atoms with van der Waals surface area (Å²) in [6.45, 7) is 0. The molecule has 2 rings (SSSR count). The van der Waals surface area contributed by atoms with Gasteiger partial charge in [-0.15, -0.1) is 0 Å². The lowest BCUT2D eigenvalue weighted by Gasteiger charge is -2.01. The Hall–Kier alpha value is -1.56. The Morgan fingerprint density at radius 3 is 2.80 bits per heavy atom. The molecule has 6 heteroatoms. The van der Waals surface area contributed by atoms with Crippen LogP contribution < -0.4 is 0 Å². The first-order valence-electron chi connectivity index (χ1n) is 3.98. The normalized spacial score (nSPS) is 10.5. The standard InChI is InChI=1S/C9H4BrFN2O2/c10-9-8-5(3-4-12-9)6(11)1-2-7(8)13(14)15/h1-4H. The van der Waals surface area contributed by atoms with E-state index in [1.165, 1.54) is 12.3 Å². The van der Waals surface area contributed by atoms with E-state index in [2.05, 4.69) is 20.9 Å². The summed E-state index contributed by atoms with van der Waals surface area (Å²) in [6.07, 6.45) is 1.39. The summed E-state index contributed by atoms with van der Waals surface area (Å²) in [6, 6.07) is 3.61. The highest BCUT2D eigenvalue weighted by Gasteiger charge is 2.17. The summed E-state index contributed by atoms with van der Waals surface area (Å²) < 4.78 is 13.6. The van der Waals surface area contributed by atoms with Crippen molar-refractivity contribution in [2.45, 2.75) is 0 Å². The molecule has 0 aliphatic heterocycles. The van der Waals surface area contributed by atoms with Gasteiger partial charge in [0.15, 0.2) is 0 Å². The van der Waals surface area contributed by atoms with Crippen LogP contribution >= 0.6 is 15.9 Å². The lowest BCUT2D eigenvalue weighted by molar-refractivity contribution is -0.383. The van der Waals surface area contributed by atoms with Crippen molar-refractivity contribution in [2.24, 2.45) is 0 Å². The molecule has 0 bridgehead atoms. The number of nitro benzene ring substituents is 1. The monoisotopic (exact) mass is 270 g/mol. The van der Waals surface area contributed by atoms with Crippen molar-refractivity contribution < 1.29 is 9.31 Å². The summed E-state index contributed by atoms with van der Waals surface area (Å²) in [4.78, 5) is 14.0. The number of rotatable bonds is 1. The lowest BCUT2D eigenvalue weighted by atomic mass is 10.1. The predicted octanol–water partition coefficient (Wildman–Crippen LogP) is 3.04. The van der Waals surface area contributed by atoms with E-state index in [1.807, 2.05) is 0 Å². The van der Waals surface area contributed by atoms with Crippen LogP contribution in [0, 0.1) is 15.9 Å². The van der Waals surface area contributed by atoms with E-state index in [0.29, 0.717) is 0 Å². The minimum absolute atomic E-state index is 0.161. The van der Waals surface area contributed by atoms with Gasteiger partial charge in [0, 0.05) is 17.6 Å². The number of nitro groups is 1. The van der Waals surface area contributed by atoms with E-state index >= 15 is 0 Å². The number of pyridine rings is 1. The molecule has 1 aromatic heterocycles. The maximum atomic E-state index is 13.3. The lowest BCUT2D eigenvalue weighted by Crippen LogP contribution is -1.93. The second kappa shape index (κ2) is 3.54. The van der Waals surface area contributed by atoms with Gasteiger partial charge in [-0.1, -0.05) is 0 Å². The SMILES string of the molecule is O=[N+]([O-])c1ccc(F)c2ccnc(Br)c12. The number of non-ortho nitro benzene ring substituents is 1. The van der Waals surface area contributed by atoms with Gasteiger partial charge in [-0.2, -0.15) is 0 Å². The van der Waals surface area contributed by atoms with Crippen molar-refractivity contribution in [1.29, 1.82) is 0 Å². The average Bonchev–Trinajstić information content (AvgIpc) is 2.19. The third kappa shape index (κ3) is 1.56. The van der Waals surface area contributed by atoms with Crippen molar-refractivity contribution in [2.75, 3.05) is 0 Å². The number of aromatic nitrogens is 1. The van der Waals surface area contributed by atoms with Gasteiger partial charge in [0.05, 0.1) is 10.3 Å². The van der Waals surface area contributed by atoms with E-state index in [4.69, 9.17) is 0 Å². The highest BCUT2D eigenvalue weighted by molar-refractivity contribution is 9.10. The Morgan fingerprint density at radius 1 is 1.40 bits per heavy atom. The molecule has 0 aliphatic rings. The number of nitrogens with zero attached hydrogens (tertiary/aromatic N) is 2. The van der Waals surface area contributed by atoms with Crippen LogP contribution in [-0.2, 0) is 0 Å². The number of hydrogen-bond acceptors (Lipinski definition) is 3. The molecule has 1 aromatic carbocycles. The molecule has 76 valence electrons. The Labute approximate surface area is 92.0 Å². The summed E-state index contributed by atoms with van der Waals surface area (Å²) >= 11 is 3.07. The van der Waals surface area contributed by atoms with Crippen molar-refractivity contribution in [3.8, 4) is 0 Å². The maximum absolute atomic E-state index is 13.3. The quantitative estimate of drug-likeness (QED) is 0.455. The fourth-order valence-electron chi connectivity index (χ4n) is 1.36. The maximum Gasteiger partial charge on any atom is 0.280 e. The third-order valence-corrected chi connectivity index (χ3v) is 2.60. The van der Waals surface area contributed by atoms with Gasteiger partial charge in [-0.25, -0.2) is 9.37 Å². The van der Waals surface area contributed by atoms with Gasteiger partial charge in [-0.05, 0) is 28.1 Å². The van der Waals surface area contributed by atoms with Crippen molar-refractivity contribution >= 4 is 32.4 Å². The number of benzene rings is 1. The minimum Gasteiger partial charge on any atom is -0.258 e. The molecule has 0 amide bonds. The van der Waals surface area contributed by atoms with Crippen LogP contribution in [0.4, 0.5) is 10.1 Å². The van der Waals surface area contributed by atoms with Crippen LogP contribution in [-0.4, -0.2) is 9.91 Å². The predicted molar refractivity (Wildman–Crippen MR) is 56.1 cm³/mol. The highest BCUT2D eigenvalue weighted by atomic mass is 79.9. The highest BCUT2D eigenvalue weighted by Crippen LogP contribution is 2.31. The fraction of sp³-hybridized carbons (Fsp3) is 0. The first-order chi connectivity index (χ1) is 7.11. The summed E-state index contributed by atoms with van der Waals surface area (Å²) in [5, 5.41) is 11.1. The Kier molecular flexibility index (Phi) is 2.36. The molecule has 0 radical (unpaired) electrons. The molecule has 0 N–H and O–H groups in total. The Bertz CT molecular complexity index is 559. The van der Waals surface area contributed by atoms with E-state index < -0.39 is 10.7 Å². The summed E-state index contributed by atoms with van der Waals surface area (Å²) in [5.41, 5.74) is -0.161. The molecule has 0 spiro atoms. The van der Waals surface area contributed by atoms with Gasteiger partial charge >= 0.3 is 0 Å². The molecule has 2 aromatic rings. The number of hydrogen-bond donors (Lipinski definition) is 0. The molecule has 0 atom stereocenters. The molecule has 15 heavy (non-hydrogen) atoms. The van der Waals surface area contributed by atoms with E-state index in [0.717, 1.165) is 12.1 Å². The molecule has 0 unspecified atom stereocenters. The zero-order valence-electron chi connectivity index (χ0n) is 7.28. The molecule has 0 saturated heterocycles. The second-order valence-electron chi connectivity index (χ2n) is 2.85. The van der Waals surface area contributed by atoms with Gasteiger partial charge in [0.25, 0.3) is 5.69 Å². The van der Waals surface area contributed by atoms with Crippen molar-refractivity contribution in [3.05, 3.63) is 44.9 Å². The molecule has 1 heterocycles. The Balaban J connectivity index is 2.96. The first kappa shape index (κ1) is 9.97. The fourth-order valence-corrected chi connectivity index (χ4v) is 1.89. The van der Waals surface area contributed by atoms with Gasteiger partial charge in [0.1, 0.15) is 10.4 Å². The van der Waals surface area contributed by atoms with Crippen LogP contribution in [0.15, 0.2) is 29.0 Å². The van der Waals surface area contributed by atoms with E-state index in [-0.39, 0.29) is 21.1 Å². The zero-order chi connectivity index (χ0) is 11.0. The van der Waals surface area contributed by atoms with Gasteiger partial charge in [0.2, 0.25) is 0 Å². The van der Waals surface area contributed by atoms with Crippen LogP contribution in [0.25, 0.3) is 10.8 Å². The van der Waals surface area contributed by atoms with Crippen molar-refractivity contribution in [3.63, 3.8) is 0 Å². The Morgan fingerprint density at radius 2 is 2.13 bits per heavy atom. The van der Waals surface area contributed by atoms with Crippen molar-refractivity contribution in [1.82, 2.24) is 4.98 Å². The summed E-state index contributed by atoms with van der Waals surface area (Å²) in [7, 11) is 0. The summed E-state index contributed by atoms with van der Waals surface area (Å²) in [5.74, 6) is -0.501. The molecule has 0 saturated carbocycles. The first-order valence-corrected chi connectivity index (χ1v) is 4.77. The molecule has 0 fully saturated rings. The third-order valence-electron chi connectivity index (χ3n) is 2.00. The van der Waals surface area contributed by atoms with Crippen LogP contribution in [0.1, 0.15) is 0 Å². The average molecular weight is 271 g/mol. The van der Waals surface area contributed by atoms with Gasteiger partial charge < -0.3 is 0 Å². The van der Waals surface area contributed by atoms with Gasteiger partial charge in [-0.3, -0.25) is 10.1 Å². The molecular weight excluding hydrogens is 267 g/mol. The van der Waals surface area contributed by atoms with Crippen LogP contribution in [0.3, 0.4) is 0 Å². The molecule has 0 aliphatic carbocycles. The van der Waals surface area contributed by atoms with E-state index in [1.54, 1.807) is 0 Å². The largest absolute Gasteiger partial charge is 0.280 e. The number of fused-ring (bicyclic) bond motifs is 1. The number of halogens is 2. The molecular formula is C9H4BrFN2O2. The van der Waals surface area contributed by atoms with E-state index in [9.17, 15) is 14.5 Å².